The highest BCUT2D eigenvalue weighted by atomic mass is 31.2. The molecular weight excluding hydrogens is 1390 g/mol. The molecule has 636 valence electrons. The molecule has 3 N–H and O–H groups in total. The average Bonchev–Trinajstić information content (AvgIpc) is 0.900. The van der Waals surface area contributed by atoms with E-state index < -0.39 is 97.5 Å². The second-order valence-electron chi connectivity index (χ2n) is 31.9. The fourth-order valence-electron chi connectivity index (χ4n) is 13.8. The van der Waals surface area contributed by atoms with Crippen molar-refractivity contribution in [1.29, 1.82) is 0 Å². The van der Waals surface area contributed by atoms with Crippen LogP contribution in [-0.2, 0) is 65.4 Å². The molecule has 0 fully saturated rings. The van der Waals surface area contributed by atoms with Crippen LogP contribution in [-0.4, -0.2) is 96.7 Å². The lowest BCUT2D eigenvalue weighted by atomic mass is 9.99. The molecular formula is C88H172O17P2. The first-order valence-corrected chi connectivity index (χ1v) is 48.7. The maximum Gasteiger partial charge on any atom is 0.472 e. The Morgan fingerprint density at radius 2 is 0.449 bits per heavy atom. The van der Waals surface area contributed by atoms with Crippen molar-refractivity contribution in [2.24, 2.45) is 5.92 Å². The van der Waals surface area contributed by atoms with Crippen molar-refractivity contribution >= 4 is 39.5 Å². The molecule has 0 aliphatic heterocycles. The van der Waals surface area contributed by atoms with Gasteiger partial charge in [0.15, 0.2) is 12.2 Å². The van der Waals surface area contributed by atoms with Crippen molar-refractivity contribution in [2.75, 3.05) is 39.6 Å². The summed E-state index contributed by atoms with van der Waals surface area (Å²) in [6.07, 6.45) is 75.2. The van der Waals surface area contributed by atoms with E-state index in [1.165, 1.54) is 302 Å². The Hall–Kier alpha value is -1.94. The molecule has 6 atom stereocenters. The van der Waals surface area contributed by atoms with Crippen molar-refractivity contribution in [3.63, 3.8) is 0 Å². The van der Waals surface area contributed by atoms with Gasteiger partial charge in [0.05, 0.1) is 26.4 Å². The summed E-state index contributed by atoms with van der Waals surface area (Å²) in [6, 6.07) is 0. The van der Waals surface area contributed by atoms with Gasteiger partial charge in [0.2, 0.25) is 0 Å². The normalized spacial score (nSPS) is 14.0. The molecule has 0 aromatic carbocycles. The zero-order chi connectivity index (χ0) is 78.3. The fraction of sp³-hybridized carbons (Fsp3) is 0.955. The molecule has 0 aromatic rings. The van der Waals surface area contributed by atoms with Gasteiger partial charge in [-0.25, -0.2) is 9.13 Å². The molecule has 0 aromatic heterocycles. The zero-order valence-corrected chi connectivity index (χ0v) is 72.1. The van der Waals surface area contributed by atoms with Crippen LogP contribution in [0, 0.1) is 5.92 Å². The van der Waals surface area contributed by atoms with Crippen LogP contribution in [0.3, 0.4) is 0 Å². The van der Waals surface area contributed by atoms with Gasteiger partial charge in [-0.3, -0.25) is 37.3 Å². The maximum absolute atomic E-state index is 13.2. The third-order valence-electron chi connectivity index (χ3n) is 21.1. The molecule has 0 aliphatic rings. The van der Waals surface area contributed by atoms with Gasteiger partial charge in [0, 0.05) is 25.7 Å². The van der Waals surface area contributed by atoms with Crippen molar-refractivity contribution in [2.45, 2.75) is 496 Å². The number of rotatable bonds is 88. The summed E-state index contributed by atoms with van der Waals surface area (Å²) >= 11 is 0. The van der Waals surface area contributed by atoms with Crippen LogP contribution in [0.5, 0.6) is 0 Å². The SMILES string of the molecule is CCCCCCCCCCCCCCCCCCCCCCCCC(=O)OC[C@H](COP(=O)(O)OC[C@@H](O)COP(=O)(O)OC[C@@H](COC(=O)CCCCCCCCCCC)OC(=O)CCCCCCCCCCCCC(C)CC)OC(=O)CCCCCCCCCCCCCCCCCCCCCCCC. The highest BCUT2D eigenvalue weighted by Crippen LogP contribution is 2.45. The Morgan fingerprint density at radius 3 is 0.664 bits per heavy atom. The van der Waals surface area contributed by atoms with E-state index in [4.69, 9.17) is 37.0 Å². The molecule has 0 radical (unpaired) electrons. The van der Waals surface area contributed by atoms with Gasteiger partial charge in [-0.1, -0.05) is 426 Å². The number of carbonyl (C=O) groups excluding carboxylic acids is 4. The molecule has 107 heavy (non-hydrogen) atoms. The summed E-state index contributed by atoms with van der Waals surface area (Å²) in [6.45, 7) is 7.37. The molecule has 17 nitrogen and oxygen atoms in total. The molecule has 0 rings (SSSR count). The number of unbranched alkanes of at least 4 members (excludes halogenated alkanes) is 59. The molecule has 0 saturated carbocycles. The van der Waals surface area contributed by atoms with Gasteiger partial charge in [0.25, 0.3) is 0 Å². The minimum Gasteiger partial charge on any atom is -0.462 e. The summed E-state index contributed by atoms with van der Waals surface area (Å²) in [4.78, 5) is 73.2. The number of aliphatic hydroxyl groups excluding tert-OH is 1. The van der Waals surface area contributed by atoms with Crippen LogP contribution < -0.4 is 0 Å². The maximum atomic E-state index is 13.2. The quantitative estimate of drug-likeness (QED) is 0.0222. The highest BCUT2D eigenvalue weighted by molar-refractivity contribution is 7.47. The number of ether oxygens (including phenoxy) is 4. The second kappa shape index (κ2) is 80.7. The van der Waals surface area contributed by atoms with E-state index >= 15 is 0 Å². The van der Waals surface area contributed by atoms with Gasteiger partial charge in [0.1, 0.15) is 19.3 Å². The summed E-state index contributed by atoms with van der Waals surface area (Å²) in [5.74, 6) is -1.30. The first-order chi connectivity index (χ1) is 52.1. The molecule has 0 bridgehead atoms. The second-order valence-corrected chi connectivity index (χ2v) is 34.8. The van der Waals surface area contributed by atoms with E-state index in [1.807, 2.05) is 0 Å². The lowest BCUT2D eigenvalue weighted by Gasteiger charge is -2.21. The van der Waals surface area contributed by atoms with Gasteiger partial charge in [-0.15, -0.1) is 0 Å². The van der Waals surface area contributed by atoms with Gasteiger partial charge < -0.3 is 33.8 Å². The number of hydrogen-bond acceptors (Lipinski definition) is 15. The van der Waals surface area contributed by atoms with Crippen LogP contribution in [0.2, 0.25) is 0 Å². The highest BCUT2D eigenvalue weighted by Gasteiger charge is 2.30. The largest absolute Gasteiger partial charge is 0.472 e. The van der Waals surface area contributed by atoms with Crippen molar-refractivity contribution in [3.05, 3.63) is 0 Å². The summed E-state index contributed by atoms with van der Waals surface area (Å²) in [5, 5.41) is 10.7. The Balaban J connectivity index is 5.18. The Labute approximate surface area is 658 Å². The van der Waals surface area contributed by atoms with E-state index in [-0.39, 0.29) is 25.7 Å². The van der Waals surface area contributed by atoms with Crippen molar-refractivity contribution in [3.8, 4) is 0 Å². The number of phosphoric acid groups is 2. The van der Waals surface area contributed by atoms with Crippen LogP contribution in [0.15, 0.2) is 0 Å². The van der Waals surface area contributed by atoms with Crippen LogP contribution in [0.1, 0.15) is 478 Å². The lowest BCUT2D eigenvalue weighted by Crippen LogP contribution is -2.30. The molecule has 0 saturated heterocycles. The fourth-order valence-corrected chi connectivity index (χ4v) is 15.4. The van der Waals surface area contributed by atoms with E-state index in [9.17, 15) is 43.2 Å². The molecule has 3 unspecified atom stereocenters. The standard InChI is InChI=1S/C88H172O17P2/c1-6-10-13-16-19-22-24-26-28-30-32-34-36-38-40-42-44-46-52-57-62-67-72-86(91)99-78-84(104-87(92)73-68-63-58-53-47-45-43-41-39-37-35-33-31-29-27-25-23-20-17-14-11-7-2)80-103-107(96,97)101-76-82(89)75-100-106(94,95)102-79-83(77-98-85(90)71-66-61-56-50-21-18-15-12-8-3)105-88(93)74-69-64-59-54-49-48-51-55-60-65-70-81(5)9-4/h81-84,89H,6-80H2,1-5H3,(H,94,95)(H,96,97)/t81?,82-,83+,84+/m0/s1. The topological polar surface area (TPSA) is 237 Å². The molecule has 0 spiro atoms. The zero-order valence-electron chi connectivity index (χ0n) is 70.3. The third-order valence-corrected chi connectivity index (χ3v) is 23.0. The van der Waals surface area contributed by atoms with E-state index in [0.29, 0.717) is 25.7 Å². The Bertz CT molecular complexity index is 2030. The molecule has 0 heterocycles. The minimum absolute atomic E-state index is 0.107. The summed E-state index contributed by atoms with van der Waals surface area (Å²) < 4.78 is 68.9. The number of hydrogen-bond donors (Lipinski definition) is 3. The lowest BCUT2D eigenvalue weighted by molar-refractivity contribution is -0.161. The van der Waals surface area contributed by atoms with Gasteiger partial charge in [-0.2, -0.15) is 0 Å². The van der Waals surface area contributed by atoms with Crippen LogP contribution >= 0.6 is 15.6 Å². The van der Waals surface area contributed by atoms with Gasteiger partial charge in [-0.05, 0) is 31.6 Å². The Kier molecular flexibility index (Phi) is 79.2. The summed E-state index contributed by atoms with van der Waals surface area (Å²) in [7, 11) is -9.93. The first-order valence-electron chi connectivity index (χ1n) is 45.7. The molecule has 19 heteroatoms. The monoisotopic (exact) mass is 1560 g/mol. The molecule has 0 amide bonds. The van der Waals surface area contributed by atoms with Crippen LogP contribution in [0.25, 0.3) is 0 Å². The number of esters is 4. The number of aliphatic hydroxyl groups is 1. The number of phosphoric ester groups is 2. The summed E-state index contributed by atoms with van der Waals surface area (Å²) in [5.41, 5.74) is 0. The minimum atomic E-state index is -4.97. The van der Waals surface area contributed by atoms with Crippen LogP contribution in [0.4, 0.5) is 0 Å². The third kappa shape index (κ3) is 80.5. The van der Waals surface area contributed by atoms with E-state index in [0.717, 1.165) is 95.8 Å². The average molecular weight is 1560 g/mol. The van der Waals surface area contributed by atoms with Crippen molar-refractivity contribution in [1.82, 2.24) is 0 Å². The van der Waals surface area contributed by atoms with Crippen molar-refractivity contribution < 1.29 is 80.2 Å². The predicted molar refractivity (Wildman–Crippen MR) is 442 cm³/mol. The predicted octanol–water partition coefficient (Wildman–Crippen LogP) is 27.2. The van der Waals surface area contributed by atoms with E-state index in [1.54, 1.807) is 0 Å². The van der Waals surface area contributed by atoms with E-state index in [2.05, 4.69) is 34.6 Å². The van der Waals surface area contributed by atoms with Gasteiger partial charge >= 0.3 is 39.5 Å². The number of carbonyl (C=O) groups is 4. The molecule has 0 aliphatic carbocycles. The Morgan fingerprint density at radius 1 is 0.262 bits per heavy atom. The first kappa shape index (κ1) is 105. The smallest absolute Gasteiger partial charge is 0.462 e.